The normalized spacial score (nSPS) is 9.64. The number of allylic oxidation sites excluding steroid dienone is 1. The smallest absolute Gasteiger partial charge is 0.0667 e. The van der Waals surface area contributed by atoms with Crippen LogP contribution in [0.5, 0.6) is 0 Å². The Kier molecular flexibility index (Phi) is 4.53. The van der Waals surface area contributed by atoms with Crippen LogP contribution >= 0.6 is 11.8 Å². The molecule has 0 fully saturated rings. The molecule has 0 bridgehead atoms. The predicted octanol–water partition coefficient (Wildman–Crippen LogP) is 3.18. The third kappa shape index (κ3) is 3.42. The topological polar surface area (TPSA) is 24.9 Å². The van der Waals surface area contributed by atoms with E-state index in [2.05, 4.69) is 36.5 Å². The van der Waals surface area contributed by atoms with Crippen molar-refractivity contribution in [2.24, 2.45) is 0 Å². The van der Waals surface area contributed by atoms with Gasteiger partial charge < -0.3 is 5.32 Å². The molecule has 0 aliphatic carbocycles. The van der Waals surface area contributed by atoms with Gasteiger partial charge in [-0.3, -0.25) is 4.98 Å². The van der Waals surface area contributed by atoms with Crippen molar-refractivity contribution in [1.29, 1.82) is 0 Å². The Morgan fingerprint density at radius 3 is 3.00 bits per heavy atom. The van der Waals surface area contributed by atoms with E-state index in [4.69, 9.17) is 0 Å². The lowest BCUT2D eigenvalue weighted by Gasteiger charge is -2.07. The monoisotopic (exact) mass is 208 g/mol. The van der Waals surface area contributed by atoms with Crippen LogP contribution in [0.15, 0.2) is 35.0 Å². The first-order valence-electron chi connectivity index (χ1n) is 4.59. The van der Waals surface area contributed by atoms with Crippen molar-refractivity contribution in [1.82, 2.24) is 4.98 Å². The van der Waals surface area contributed by atoms with E-state index in [-0.39, 0.29) is 0 Å². The van der Waals surface area contributed by atoms with E-state index in [0.29, 0.717) is 0 Å². The number of anilines is 1. The van der Waals surface area contributed by atoms with E-state index in [0.717, 1.165) is 12.2 Å². The average Bonchev–Trinajstić information content (AvgIpc) is 2.18. The first-order chi connectivity index (χ1) is 6.74. The summed E-state index contributed by atoms with van der Waals surface area (Å²) in [6, 6.07) is 2.02. The molecule has 1 heterocycles. The zero-order chi connectivity index (χ0) is 10.4. The van der Waals surface area contributed by atoms with E-state index in [1.165, 1.54) is 10.5 Å². The third-order valence-corrected chi connectivity index (χ3v) is 2.60. The highest BCUT2D eigenvalue weighted by atomic mass is 32.2. The number of nitrogens with zero attached hydrogens (tertiary/aromatic N) is 1. The van der Waals surface area contributed by atoms with Crippen LogP contribution in [0.25, 0.3) is 0 Å². The number of nitrogens with one attached hydrogen (secondary N) is 1. The van der Waals surface area contributed by atoms with Crippen molar-refractivity contribution in [3.63, 3.8) is 0 Å². The van der Waals surface area contributed by atoms with Gasteiger partial charge in [-0.15, -0.1) is 11.8 Å². The van der Waals surface area contributed by atoms with Gasteiger partial charge in [-0.1, -0.05) is 11.6 Å². The zero-order valence-corrected chi connectivity index (χ0v) is 9.69. The van der Waals surface area contributed by atoms with Gasteiger partial charge in [-0.05, 0) is 26.2 Å². The number of rotatable bonds is 4. The first-order valence-corrected chi connectivity index (χ1v) is 5.81. The minimum Gasteiger partial charge on any atom is -0.379 e. The Balaban J connectivity index is 2.62. The molecule has 76 valence electrons. The van der Waals surface area contributed by atoms with E-state index in [1.807, 2.05) is 18.5 Å². The lowest BCUT2D eigenvalue weighted by Crippen LogP contribution is -2.00. The summed E-state index contributed by atoms with van der Waals surface area (Å²) in [6.07, 6.45) is 7.92. The molecule has 0 aliphatic heterocycles. The Morgan fingerprint density at radius 2 is 2.36 bits per heavy atom. The van der Waals surface area contributed by atoms with Crippen LogP contribution in [0.4, 0.5) is 5.69 Å². The second-order valence-electron chi connectivity index (χ2n) is 3.24. The van der Waals surface area contributed by atoms with E-state index >= 15 is 0 Å². The molecule has 0 radical (unpaired) electrons. The molecule has 0 saturated carbocycles. The second kappa shape index (κ2) is 5.70. The highest BCUT2D eigenvalue weighted by Gasteiger charge is 1.97. The number of hydrogen-bond acceptors (Lipinski definition) is 3. The summed E-state index contributed by atoms with van der Waals surface area (Å²) in [4.78, 5) is 5.33. The van der Waals surface area contributed by atoms with Gasteiger partial charge in [0.15, 0.2) is 0 Å². The standard InChI is InChI=1S/C11H16N2S/c1-9(2)4-7-13-10-8-12-6-5-11(10)14-3/h4-6,8,13H,7H2,1-3H3. The van der Waals surface area contributed by atoms with Gasteiger partial charge >= 0.3 is 0 Å². The molecule has 3 heteroatoms. The molecule has 0 atom stereocenters. The summed E-state index contributed by atoms with van der Waals surface area (Å²) >= 11 is 1.73. The molecule has 0 spiro atoms. The average molecular weight is 208 g/mol. The molecular weight excluding hydrogens is 192 g/mol. The van der Waals surface area contributed by atoms with Gasteiger partial charge in [0, 0.05) is 17.6 Å². The maximum absolute atomic E-state index is 4.09. The van der Waals surface area contributed by atoms with Crippen LogP contribution < -0.4 is 5.32 Å². The number of hydrogen-bond donors (Lipinski definition) is 1. The van der Waals surface area contributed by atoms with Crippen molar-refractivity contribution < 1.29 is 0 Å². The van der Waals surface area contributed by atoms with E-state index in [1.54, 1.807) is 11.8 Å². The van der Waals surface area contributed by atoms with E-state index in [9.17, 15) is 0 Å². The van der Waals surface area contributed by atoms with Crippen LogP contribution in [0, 0.1) is 0 Å². The molecule has 14 heavy (non-hydrogen) atoms. The molecular formula is C11H16N2S. The summed E-state index contributed by atoms with van der Waals surface area (Å²) in [5.41, 5.74) is 2.43. The van der Waals surface area contributed by atoms with Crippen LogP contribution in [-0.4, -0.2) is 17.8 Å². The largest absolute Gasteiger partial charge is 0.379 e. The van der Waals surface area contributed by atoms with Crippen molar-refractivity contribution in [3.8, 4) is 0 Å². The number of pyridine rings is 1. The van der Waals surface area contributed by atoms with Crippen LogP contribution in [0.2, 0.25) is 0 Å². The van der Waals surface area contributed by atoms with Gasteiger partial charge in [0.2, 0.25) is 0 Å². The lowest BCUT2D eigenvalue weighted by atomic mass is 10.3. The fourth-order valence-electron chi connectivity index (χ4n) is 1.06. The van der Waals surface area contributed by atoms with Gasteiger partial charge in [0.25, 0.3) is 0 Å². The maximum atomic E-state index is 4.09. The molecule has 0 unspecified atom stereocenters. The summed E-state index contributed by atoms with van der Waals surface area (Å²) in [6.45, 7) is 5.06. The zero-order valence-electron chi connectivity index (χ0n) is 8.87. The summed E-state index contributed by atoms with van der Waals surface area (Å²) < 4.78 is 0. The molecule has 0 aromatic carbocycles. The predicted molar refractivity (Wildman–Crippen MR) is 63.9 cm³/mol. The third-order valence-electron chi connectivity index (χ3n) is 1.80. The fraction of sp³-hybridized carbons (Fsp3) is 0.364. The minimum absolute atomic E-state index is 0.863. The number of aromatic nitrogens is 1. The highest BCUT2D eigenvalue weighted by molar-refractivity contribution is 7.98. The molecule has 1 N–H and O–H groups in total. The summed E-state index contributed by atoms with van der Waals surface area (Å²) in [5, 5.41) is 3.34. The Bertz CT molecular complexity index is 317. The van der Waals surface area contributed by atoms with Crippen LogP contribution in [0.1, 0.15) is 13.8 Å². The van der Waals surface area contributed by atoms with Gasteiger partial charge in [0.1, 0.15) is 0 Å². The maximum Gasteiger partial charge on any atom is 0.0667 e. The molecule has 1 aromatic heterocycles. The first kappa shape index (κ1) is 11.1. The highest BCUT2D eigenvalue weighted by Crippen LogP contribution is 2.23. The van der Waals surface area contributed by atoms with Crippen molar-refractivity contribution >= 4 is 17.4 Å². The molecule has 2 nitrogen and oxygen atoms in total. The van der Waals surface area contributed by atoms with Crippen molar-refractivity contribution in [3.05, 3.63) is 30.1 Å². The van der Waals surface area contributed by atoms with E-state index < -0.39 is 0 Å². The quantitative estimate of drug-likeness (QED) is 0.607. The molecule has 1 rings (SSSR count). The molecule has 1 aromatic rings. The summed E-state index contributed by atoms with van der Waals surface area (Å²) in [7, 11) is 0. The Hall–Kier alpha value is -0.960. The minimum atomic E-state index is 0.863. The van der Waals surface area contributed by atoms with Gasteiger partial charge in [-0.2, -0.15) is 0 Å². The van der Waals surface area contributed by atoms with Crippen LogP contribution in [-0.2, 0) is 0 Å². The molecule has 0 amide bonds. The fourth-order valence-corrected chi connectivity index (χ4v) is 1.60. The Labute approximate surface area is 89.8 Å². The number of thioether (sulfide) groups is 1. The van der Waals surface area contributed by atoms with Crippen LogP contribution in [0.3, 0.4) is 0 Å². The van der Waals surface area contributed by atoms with Gasteiger partial charge in [0.05, 0.1) is 11.9 Å². The Morgan fingerprint density at radius 1 is 1.57 bits per heavy atom. The van der Waals surface area contributed by atoms with Crippen molar-refractivity contribution in [2.75, 3.05) is 18.1 Å². The van der Waals surface area contributed by atoms with Crippen molar-refractivity contribution in [2.45, 2.75) is 18.7 Å². The summed E-state index contributed by atoms with van der Waals surface area (Å²) in [5.74, 6) is 0. The SMILES string of the molecule is CSc1ccncc1NCC=C(C)C. The second-order valence-corrected chi connectivity index (χ2v) is 4.09. The lowest BCUT2D eigenvalue weighted by molar-refractivity contribution is 1.19. The van der Waals surface area contributed by atoms with Gasteiger partial charge in [-0.25, -0.2) is 0 Å². The molecule has 0 saturated heterocycles. The molecule has 0 aliphatic rings.